The van der Waals surface area contributed by atoms with E-state index in [4.69, 9.17) is 0 Å². The van der Waals surface area contributed by atoms with E-state index < -0.39 is 0 Å². The molecule has 1 nitrogen and oxygen atoms in total. The molecule has 17 heavy (non-hydrogen) atoms. The number of rotatable bonds is 0. The summed E-state index contributed by atoms with van der Waals surface area (Å²) >= 11 is 0. The largest absolute Gasteiger partial charge is 0.343 e. The third-order valence-corrected chi connectivity index (χ3v) is 4.02. The average Bonchev–Trinajstić information content (AvgIpc) is 2.61. The number of hydrogen-bond acceptors (Lipinski definition) is 0. The predicted octanol–water partition coefficient (Wildman–Crippen LogP) is 4.26. The zero-order valence-electron chi connectivity index (χ0n) is 10.8. The Labute approximate surface area is 102 Å². The highest BCUT2D eigenvalue weighted by Gasteiger charge is 2.12. The molecule has 0 N–H and O–H groups in total. The molecule has 0 aliphatic rings. The Hall–Kier alpha value is -1.76. The Balaban J connectivity index is 2.67. The van der Waals surface area contributed by atoms with Gasteiger partial charge in [-0.2, -0.15) is 0 Å². The van der Waals surface area contributed by atoms with Crippen LogP contribution < -0.4 is 0 Å². The van der Waals surface area contributed by atoms with Gasteiger partial charge in [0.25, 0.3) is 0 Å². The summed E-state index contributed by atoms with van der Waals surface area (Å²) in [7, 11) is 2.16. The number of para-hydroxylation sites is 1. The average molecular weight is 223 g/mol. The van der Waals surface area contributed by atoms with Crippen LogP contribution in [0.1, 0.15) is 16.7 Å². The van der Waals surface area contributed by atoms with E-state index in [0.717, 1.165) is 0 Å². The Kier molecular flexibility index (Phi) is 2.06. The lowest BCUT2D eigenvalue weighted by Gasteiger charge is -2.08. The molecule has 0 fully saturated rings. The lowest BCUT2D eigenvalue weighted by atomic mass is 10.00. The topological polar surface area (TPSA) is 4.93 Å². The van der Waals surface area contributed by atoms with Gasteiger partial charge in [-0.15, -0.1) is 0 Å². The lowest BCUT2D eigenvalue weighted by molar-refractivity contribution is 1.00. The van der Waals surface area contributed by atoms with Gasteiger partial charge < -0.3 is 4.57 Å². The molecular weight excluding hydrogens is 206 g/mol. The third-order valence-electron chi connectivity index (χ3n) is 4.02. The van der Waals surface area contributed by atoms with E-state index in [0.29, 0.717) is 0 Å². The second-order valence-corrected chi connectivity index (χ2v) is 4.92. The number of nitrogens with zero attached hydrogens (tertiary/aromatic N) is 1. The molecular formula is C16H17N. The molecule has 0 radical (unpaired) electrons. The summed E-state index contributed by atoms with van der Waals surface area (Å²) in [5.41, 5.74) is 6.87. The molecule has 2 aromatic carbocycles. The van der Waals surface area contributed by atoms with E-state index in [1.807, 2.05) is 0 Å². The molecule has 0 aliphatic carbocycles. The van der Waals surface area contributed by atoms with Crippen LogP contribution in [0.3, 0.4) is 0 Å². The molecule has 1 heteroatoms. The van der Waals surface area contributed by atoms with Gasteiger partial charge in [0, 0.05) is 23.3 Å². The van der Waals surface area contributed by atoms with Crippen LogP contribution in [-0.2, 0) is 7.05 Å². The SMILES string of the molecule is Cc1cc2c3ccccc3n(C)c2c(C)c1C. The molecule has 0 amide bonds. The fourth-order valence-corrected chi connectivity index (χ4v) is 2.82. The first-order chi connectivity index (χ1) is 8.11. The van der Waals surface area contributed by atoms with Crippen LogP contribution in [0.4, 0.5) is 0 Å². The molecule has 86 valence electrons. The van der Waals surface area contributed by atoms with Crippen LogP contribution in [-0.4, -0.2) is 4.57 Å². The van der Waals surface area contributed by atoms with Crippen molar-refractivity contribution in [1.29, 1.82) is 0 Å². The molecule has 0 saturated carbocycles. The summed E-state index contributed by atoms with van der Waals surface area (Å²) in [6.07, 6.45) is 0. The molecule has 0 aliphatic heterocycles. The van der Waals surface area contributed by atoms with Crippen molar-refractivity contribution in [2.45, 2.75) is 20.8 Å². The van der Waals surface area contributed by atoms with Crippen LogP contribution in [0.5, 0.6) is 0 Å². The number of aromatic nitrogens is 1. The summed E-state index contributed by atoms with van der Waals surface area (Å²) in [6, 6.07) is 11.0. The van der Waals surface area contributed by atoms with Crippen LogP contribution in [0, 0.1) is 20.8 Å². The summed E-state index contributed by atoms with van der Waals surface area (Å²) in [6.45, 7) is 6.63. The Morgan fingerprint density at radius 3 is 2.35 bits per heavy atom. The molecule has 0 atom stereocenters. The Morgan fingerprint density at radius 1 is 0.882 bits per heavy atom. The minimum absolute atomic E-state index is 1.32. The minimum atomic E-state index is 1.32. The van der Waals surface area contributed by atoms with E-state index >= 15 is 0 Å². The second kappa shape index (κ2) is 3.36. The third kappa shape index (κ3) is 1.25. The van der Waals surface area contributed by atoms with Crippen molar-refractivity contribution in [2.75, 3.05) is 0 Å². The summed E-state index contributed by atoms with van der Waals surface area (Å²) in [4.78, 5) is 0. The first-order valence-corrected chi connectivity index (χ1v) is 6.05. The van der Waals surface area contributed by atoms with Gasteiger partial charge >= 0.3 is 0 Å². The highest BCUT2D eigenvalue weighted by atomic mass is 14.9. The maximum Gasteiger partial charge on any atom is 0.0521 e. The van der Waals surface area contributed by atoms with E-state index in [1.165, 1.54) is 38.5 Å². The highest BCUT2D eigenvalue weighted by Crippen LogP contribution is 2.32. The first kappa shape index (κ1) is 10.4. The fourth-order valence-electron chi connectivity index (χ4n) is 2.82. The van der Waals surface area contributed by atoms with Crippen LogP contribution >= 0.6 is 0 Å². The standard InChI is InChI=1S/C16H17N/c1-10-9-14-13-7-5-6-8-15(13)17(4)16(14)12(3)11(10)2/h5-9H,1-4H3. The maximum atomic E-state index is 2.32. The zero-order valence-corrected chi connectivity index (χ0v) is 10.8. The molecule has 3 aromatic rings. The summed E-state index contributed by atoms with van der Waals surface area (Å²) < 4.78 is 2.31. The molecule has 1 heterocycles. The van der Waals surface area contributed by atoms with Crippen molar-refractivity contribution < 1.29 is 0 Å². The van der Waals surface area contributed by atoms with Crippen molar-refractivity contribution in [2.24, 2.45) is 7.05 Å². The van der Waals surface area contributed by atoms with E-state index in [-0.39, 0.29) is 0 Å². The van der Waals surface area contributed by atoms with Crippen LogP contribution in [0.25, 0.3) is 21.8 Å². The lowest BCUT2D eigenvalue weighted by Crippen LogP contribution is -1.93. The molecule has 1 aromatic heterocycles. The quantitative estimate of drug-likeness (QED) is 0.536. The van der Waals surface area contributed by atoms with Gasteiger partial charge in [-0.25, -0.2) is 0 Å². The Morgan fingerprint density at radius 2 is 1.59 bits per heavy atom. The van der Waals surface area contributed by atoms with Gasteiger partial charge in [-0.05, 0) is 49.6 Å². The molecule has 0 spiro atoms. The number of fused-ring (bicyclic) bond motifs is 3. The predicted molar refractivity (Wildman–Crippen MR) is 74.6 cm³/mol. The van der Waals surface area contributed by atoms with Crippen molar-refractivity contribution in [3.8, 4) is 0 Å². The molecule has 0 unspecified atom stereocenters. The molecule has 3 rings (SSSR count). The number of aryl methyl sites for hydroxylation is 3. The van der Waals surface area contributed by atoms with Gasteiger partial charge in [0.1, 0.15) is 0 Å². The van der Waals surface area contributed by atoms with Crippen LogP contribution in [0.15, 0.2) is 30.3 Å². The fraction of sp³-hybridized carbons (Fsp3) is 0.250. The van der Waals surface area contributed by atoms with Crippen LogP contribution in [0.2, 0.25) is 0 Å². The first-order valence-electron chi connectivity index (χ1n) is 6.05. The van der Waals surface area contributed by atoms with Gasteiger partial charge in [-0.3, -0.25) is 0 Å². The van der Waals surface area contributed by atoms with Gasteiger partial charge in [0.05, 0.1) is 5.52 Å². The van der Waals surface area contributed by atoms with E-state index in [9.17, 15) is 0 Å². The highest BCUT2D eigenvalue weighted by molar-refractivity contribution is 6.09. The molecule has 0 bridgehead atoms. The molecule has 0 saturated heterocycles. The Bertz CT molecular complexity index is 732. The van der Waals surface area contributed by atoms with E-state index in [1.54, 1.807) is 0 Å². The van der Waals surface area contributed by atoms with Crippen molar-refractivity contribution in [3.05, 3.63) is 47.0 Å². The second-order valence-electron chi connectivity index (χ2n) is 4.92. The van der Waals surface area contributed by atoms with E-state index in [2.05, 4.69) is 62.7 Å². The number of benzene rings is 2. The smallest absolute Gasteiger partial charge is 0.0521 e. The maximum absolute atomic E-state index is 2.32. The van der Waals surface area contributed by atoms with Gasteiger partial charge in [0.15, 0.2) is 0 Å². The minimum Gasteiger partial charge on any atom is -0.343 e. The summed E-state index contributed by atoms with van der Waals surface area (Å²) in [5, 5.41) is 2.74. The van der Waals surface area contributed by atoms with Gasteiger partial charge in [-0.1, -0.05) is 18.2 Å². The van der Waals surface area contributed by atoms with Gasteiger partial charge in [0.2, 0.25) is 0 Å². The summed E-state index contributed by atoms with van der Waals surface area (Å²) in [5.74, 6) is 0. The van der Waals surface area contributed by atoms with Crippen molar-refractivity contribution >= 4 is 21.8 Å². The normalized spacial score (nSPS) is 11.5. The monoisotopic (exact) mass is 223 g/mol. The van der Waals surface area contributed by atoms with Crippen molar-refractivity contribution in [1.82, 2.24) is 4.57 Å². The zero-order chi connectivity index (χ0) is 12.2. The van der Waals surface area contributed by atoms with Crippen molar-refractivity contribution in [3.63, 3.8) is 0 Å². The number of hydrogen-bond donors (Lipinski definition) is 0.